The second kappa shape index (κ2) is 5.28. The Morgan fingerprint density at radius 1 is 1.19 bits per heavy atom. The lowest BCUT2D eigenvalue weighted by Gasteiger charge is -2.08. The van der Waals surface area contributed by atoms with Crippen LogP contribution in [0.4, 0.5) is 4.39 Å². The number of pyridine rings is 2. The molecule has 1 aromatic carbocycles. The first kappa shape index (κ1) is 13.2. The van der Waals surface area contributed by atoms with Crippen molar-refractivity contribution in [3.63, 3.8) is 0 Å². The lowest BCUT2D eigenvalue weighted by atomic mass is 10.0. The molecule has 0 fully saturated rings. The van der Waals surface area contributed by atoms with Gasteiger partial charge in [0.05, 0.1) is 16.8 Å². The van der Waals surface area contributed by atoms with E-state index < -0.39 is 0 Å². The van der Waals surface area contributed by atoms with Crippen LogP contribution in [0.2, 0.25) is 0 Å². The lowest BCUT2D eigenvalue weighted by molar-refractivity contribution is 0.0963. The summed E-state index contributed by atoms with van der Waals surface area (Å²) >= 11 is 0. The van der Waals surface area contributed by atoms with E-state index in [0.717, 1.165) is 0 Å². The van der Waals surface area contributed by atoms with Gasteiger partial charge < -0.3 is 5.32 Å². The van der Waals surface area contributed by atoms with E-state index in [2.05, 4.69) is 15.3 Å². The zero-order valence-electron chi connectivity index (χ0n) is 11.3. The van der Waals surface area contributed by atoms with Crippen molar-refractivity contribution >= 4 is 16.8 Å². The third-order valence-corrected chi connectivity index (χ3v) is 3.20. The van der Waals surface area contributed by atoms with Gasteiger partial charge in [0.1, 0.15) is 5.82 Å². The summed E-state index contributed by atoms with van der Waals surface area (Å²) in [6.07, 6.45) is 3.24. The van der Waals surface area contributed by atoms with E-state index in [-0.39, 0.29) is 11.7 Å². The number of carbonyl (C=O) groups excluding carboxylic acids is 1. The summed E-state index contributed by atoms with van der Waals surface area (Å²) in [5, 5.41) is 3.25. The first-order valence-electron chi connectivity index (χ1n) is 6.42. The average Bonchev–Trinajstić information content (AvgIpc) is 2.53. The second-order valence-electron chi connectivity index (χ2n) is 4.54. The van der Waals surface area contributed by atoms with E-state index in [1.165, 1.54) is 12.1 Å². The molecule has 2 aromatic heterocycles. The van der Waals surface area contributed by atoms with Crippen LogP contribution in [0.5, 0.6) is 0 Å². The summed E-state index contributed by atoms with van der Waals surface area (Å²) in [5.41, 5.74) is 2.35. The SMILES string of the molecule is CNC(=O)c1cccnc1-c1cnc2ccc(F)cc2c1. The molecule has 104 valence electrons. The maximum absolute atomic E-state index is 13.3. The largest absolute Gasteiger partial charge is 0.355 e. The molecule has 5 heteroatoms. The van der Waals surface area contributed by atoms with Crippen molar-refractivity contribution in [2.45, 2.75) is 0 Å². The second-order valence-corrected chi connectivity index (χ2v) is 4.54. The van der Waals surface area contributed by atoms with E-state index in [4.69, 9.17) is 0 Å². The smallest absolute Gasteiger partial charge is 0.253 e. The van der Waals surface area contributed by atoms with E-state index >= 15 is 0 Å². The molecule has 0 aliphatic heterocycles. The maximum atomic E-state index is 13.3. The number of nitrogens with zero attached hydrogens (tertiary/aromatic N) is 2. The van der Waals surface area contributed by atoms with Gasteiger partial charge in [-0.2, -0.15) is 0 Å². The quantitative estimate of drug-likeness (QED) is 0.786. The number of benzene rings is 1. The molecule has 1 amide bonds. The number of halogens is 1. The van der Waals surface area contributed by atoms with Crippen molar-refractivity contribution in [1.29, 1.82) is 0 Å². The van der Waals surface area contributed by atoms with Gasteiger partial charge in [0, 0.05) is 30.4 Å². The summed E-state index contributed by atoms with van der Waals surface area (Å²) in [6, 6.07) is 9.56. The summed E-state index contributed by atoms with van der Waals surface area (Å²) in [7, 11) is 1.56. The van der Waals surface area contributed by atoms with Crippen LogP contribution >= 0.6 is 0 Å². The predicted molar refractivity (Wildman–Crippen MR) is 78.3 cm³/mol. The van der Waals surface area contributed by atoms with Crippen LogP contribution in [-0.4, -0.2) is 22.9 Å². The van der Waals surface area contributed by atoms with E-state index in [0.29, 0.717) is 27.7 Å². The molecule has 0 unspecified atom stereocenters. The van der Waals surface area contributed by atoms with E-state index in [9.17, 15) is 9.18 Å². The molecule has 0 saturated carbocycles. The highest BCUT2D eigenvalue weighted by Gasteiger charge is 2.13. The van der Waals surface area contributed by atoms with Crippen LogP contribution in [0.15, 0.2) is 48.8 Å². The molecule has 0 bridgehead atoms. The van der Waals surface area contributed by atoms with Crippen LogP contribution in [0.3, 0.4) is 0 Å². The molecular weight excluding hydrogens is 269 g/mol. The zero-order valence-corrected chi connectivity index (χ0v) is 11.3. The predicted octanol–water partition coefficient (Wildman–Crippen LogP) is 2.80. The van der Waals surface area contributed by atoms with Crippen LogP contribution < -0.4 is 5.32 Å². The van der Waals surface area contributed by atoms with E-state index in [1.807, 2.05) is 0 Å². The molecule has 0 aliphatic carbocycles. The van der Waals surface area contributed by atoms with Crippen LogP contribution in [-0.2, 0) is 0 Å². The Bertz CT molecular complexity index is 833. The molecule has 3 aromatic rings. The highest BCUT2D eigenvalue weighted by atomic mass is 19.1. The van der Waals surface area contributed by atoms with Gasteiger partial charge in [-0.25, -0.2) is 4.39 Å². The number of nitrogens with one attached hydrogen (secondary N) is 1. The average molecular weight is 281 g/mol. The van der Waals surface area contributed by atoms with Gasteiger partial charge in [-0.1, -0.05) is 0 Å². The van der Waals surface area contributed by atoms with Crippen LogP contribution in [0.1, 0.15) is 10.4 Å². The highest BCUT2D eigenvalue weighted by Crippen LogP contribution is 2.24. The Morgan fingerprint density at radius 2 is 2.05 bits per heavy atom. The van der Waals surface area contributed by atoms with Gasteiger partial charge in [0.25, 0.3) is 5.91 Å². The van der Waals surface area contributed by atoms with Crippen molar-refractivity contribution < 1.29 is 9.18 Å². The van der Waals surface area contributed by atoms with Gasteiger partial charge in [-0.05, 0) is 36.4 Å². The molecule has 2 heterocycles. The highest BCUT2D eigenvalue weighted by molar-refractivity contribution is 6.00. The monoisotopic (exact) mass is 281 g/mol. The van der Waals surface area contributed by atoms with Gasteiger partial charge in [0.15, 0.2) is 0 Å². The summed E-state index contributed by atoms with van der Waals surface area (Å²) in [4.78, 5) is 20.4. The van der Waals surface area contributed by atoms with E-state index in [1.54, 1.807) is 43.7 Å². The minimum Gasteiger partial charge on any atom is -0.355 e. The van der Waals surface area contributed by atoms with Crippen molar-refractivity contribution in [3.05, 3.63) is 60.2 Å². The number of carbonyl (C=O) groups is 1. The fourth-order valence-electron chi connectivity index (χ4n) is 2.19. The molecule has 21 heavy (non-hydrogen) atoms. The first-order valence-corrected chi connectivity index (χ1v) is 6.42. The first-order chi connectivity index (χ1) is 10.2. The maximum Gasteiger partial charge on any atom is 0.253 e. The number of rotatable bonds is 2. The van der Waals surface area contributed by atoms with Gasteiger partial charge in [-0.3, -0.25) is 14.8 Å². The Hall–Kier alpha value is -2.82. The topological polar surface area (TPSA) is 54.9 Å². The Morgan fingerprint density at radius 3 is 2.86 bits per heavy atom. The number of amides is 1. The standard InChI is InChI=1S/C16H12FN3O/c1-18-16(21)13-3-2-6-19-15(13)11-7-10-8-12(17)4-5-14(10)20-9-11/h2-9H,1H3,(H,18,21). The molecule has 4 nitrogen and oxygen atoms in total. The Balaban J connectivity index is 2.19. The van der Waals surface area contributed by atoms with Crippen LogP contribution in [0.25, 0.3) is 22.2 Å². The number of hydrogen-bond donors (Lipinski definition) is 1. The third-order valence-electron chi connectivity index (χ3n) is 3.20. The normalized spacial score (nSPS) is 10.6. The molecule has 0 radical (unpaired) electrons. The minimum absolute atomic E-state index is 0.225. The van der Waals surface area contributed by atoms with Gasteiger partial charge >= 0.3 is 0 Å². The Kier molecular flexibility index (Phi) is 3.31. The summed E-state index contributed by atoms with van der Waals surface area (Å²) < 4.78 is 13.3. The Labute approximate surface area is 120 Å². The molecule has 1 N–H and O–H groups in total. The molecule has 0 spiro atoms. The summed E-state index contributed by atoms with van der Waals surface area (Å²) in [6.45, 7) is 0. The fraction of sp³-hybridized carbons (Fsp3) is 0.0625. The van der Waals surface area contributed by atoms with Crippen LogP contribution in [0, 0.1) is 5.82 Å². The van der Waals surface area contributed by atoms with Crippen molar-refractivity contribution in [2.24, 2.45) is 0 Å². The molecule has 0 atom stereocenters. The van der Waals surface area contributed by atoms with Gasteiger partial charge in [0.2, 0.25) is 0 Å². The van der Waals surface area contributed by atoms with Gasteiger partial charge in [-0.15, -0.1) is 0 Å². The van der Waals surface area contributed by atoms with Crippen molar-refractivity contribution in [3.8, 4) is 11.3 Å². The zero-order chi connectivity index (χ0) is 14.8. The van der Waals surface area contributed by atoms with Crippen molar-refractivity contribution in [2.75, 3.05) is 7.05 Å². The number of aromatic nitrogens is 2. The molecule has 0 aliphatic rings. The summed E-state index contributed by atoms with van der Waals surface area (Å²) in [5.74, 6) is -0.550. The molecular formula is C16H12FN3O. The minimum atomic E-state index is -0.325. The fourth-order valence-corrected chi connectivity index (χ4v) is 2.19. The molecule has 3 rings (SSSR count). The number of fused-ring (bicyclic) bond motifs is 1. The lowest BCUT2D eigenvalue weighted by Crippen LogP contribution is -2.19. The number of hydrogen-bond acceptors (Lipinski definition) is 3. The van der Waals surface area contributed by atoms with Crippen molar-refractivity contribution in [1.82, 2.24) is 15.3 Å². The third kappa shape index (κ3) is 2.45. The molecule has 0 saturated heterocycles.